The molecule has 0 aromatic heterocycles. The Morgan fingerprint density at radius 2 is 1.79 bits per heavy atom. The zero-order chi connectivity index (χ0) is 13.1. The third-order valence-electron chi connectivity index (χ3n) is 5.86. The maximum absolute atomic E-state index is 3.76. The maximum Gasteiger partial charge on any atom is 0.0249 e. The molecule has 2 saturated heterocycles. The zero-order valence-electron chi connectivity index (χ0n) is 12.7. The monoisotopic (exact) mass is 264 g/mol. The van der Waals surface area contributed by atoms with E-state index < -0.39 is 0 Å². The Morgan fingerprint density at radius 3 is 2.53 bits per heavy atom. The van der Waals surface area contributed by atoms with Gasteiger partial charge in [-0.25, -0.2) is 0 Å². The van der Waals surface area contributed by atoms with Crippen LogP contribution in [0.4, 0.5) is 0 Å². The van der Waals surface area contributed by atoms with Crippen molar-refractivity contribution in [3.63, 3.8) is 0 Å². The molecule has 3 rings (SSSR count). The van der Waals surface area contributed by atoms with E-state index in [1.54, 1.807) is 0 Å². The van der Waals surface area contributed by atoms with Crippen LogP contribution in [-0.2, 0) is 0 Å². The number of piperidine rings is 1. The molecule has 0 amide bonds. The lowest BCUT2D eigenvalue weighted by atomic mass is 9.82. The van der Waals surface area contributed by atoms with Gasteiger partial charge in [-0.2, -0.15) is 0 Å². The van der Waals surface area contributed by atoms with Gasteiger partial charge in [0.2, 0.25) is 0 Å². The summed E-state index contributed by atoms with van der Waals surface area (Å²) in [4.78, 5) is 2.87. The van der Waals surface area contributed by atoms with Crippen molar-refractivity contribution < 1.29 is 0 Å². The van der Waals surface area contributed by atoms with E-state index in [0.717, 1.165) is 23.9 Å². The number of hydrogen-bond acceptors (Lipinski definition) is 2. The molecule has 0 aromatic carbocycles. The molecule has 2 aliphatic heterocycles. The SMILES string of the molecule is CC1CCC(CN2CCCCC2C2CCCN2)CC1. The highest BCUT2D eigenvalue weighted by molar-refractivity contribution is 4.91. The Labute approximate surface area is 119 Å². The minimum Gasteiger partial charge on any atom is -0.312 e. The summed E-state index contributed by atoms with van der Waals surface area (Å²) in [7, 11) is 0. The van der Waals surface area contributed by atoms with E-state index in [-0.39, 0.29) is 0 Å². The molecule has 3 fully saturated rings. The van der Waals surface area contributed by atoms with E-state index in [2.05, 4.69) is 17.1 Å². The van der Waals surface area contributed by atoms with Crippen molar-refractivity contribution in [1.29, 1.82) is 0 Å². The van der Waals surface area contributed by atoms with E-state index in [9.17, 15) is 0 Å². The number of rotatable bonds is 3. The molecule has 0 radical (unpaired) electrons. The fourth-order valence-electron chi connectivity index (χ4n) is 4.58. The lowest BCUT2D eigenvalue weighted by molar-refractivity contribution is 0.0873. The molecule has 2 heteroatoms. The third kappa shape index (κ3) is 3.52. The summed E-state index contributed by atoms with van der Waals surface area (Å²) in [5, 5.41) is 3.76. The lowest BCUT2D eigenvalue weighted by Crippen LogP contribution is -2.51. The second-order valence-corrected chi connectivity index (χ2v) is 7.39. The van der Waals surface area contributed by atoms with Crippen molar-refractivity contribution in [2.45, 2.75) is 76.8 Å². The molecule has 2 unspecified atom stereocenters. The number of nitrogens with zero attached hydrogens (tertiary/aromatic N) is 1. The molecular formula is C17H32N2. The summed E-state index contributed by atoms with van der Waals surface area (Å²) in [6, 6.07) is 1.67. The third-order valence-corrected chi connectivity index (χ3v) is 5.86. The van der Waals surface area contributed by atoms with Crippen LogP contribution in [0.25, 0.3) is 0 Å². The van der Waals surface area contributed by atoms with Gasteiger partial charge in [0.05, 0.1) is 0 Å². The molecule has 2 atom stereocenters. The first-order valence-corrected chi connectivity index (χ1v) is 8.80. The first-order valence-electron chi connectivity index (χ1n) is 8.80. The van der Waals surface area contributed by atoms with Crippen LogP contribution in [0.15, 0.2) is 0 Å². The van der Waals surface area contributed by atoms with Gasteiger partial charge in [-0.15, -0.1) is 0 Å². The van der Waals surface area contributed by atoms with Gasteiger partial charge in [0.15, 0.2) is 0 Å². The van der Waals surface area contributed by atoms with E-state index in [1.807, 2.05) is 0 Å². The molecule has 1 aliphatic carbocycles. The molecule has 2 nitrogen and oxygen atoms in total. The highest BCUT2D eigenvalue weighted by Gasteiger charge is 2.33. The highest BCUT2D eigenvalue weighted by Crippen LogP contribution is 2.31. The number of likely N-dealkylation sites (tertiary alicyclic amines) is 1. The Bertz CT molecular complexity index is 264. The van der Waals surface area contributed by atoms with Crippen LogP contribution in [0.1, 0.15) is 64.7 Å². The number of nitrogens with one attached hydrogen (secondary N) is 1. The van der Waals surface area contributed by atoms with E-state index in [0.29, 0.717) is 0 Å². The summed E-state index contributed by atoms with van der Waals surface area (Å²) in [5.41, 5.74) is 0. The lowest BCUT2D eigenvalue weighted by Gasteiger charge is -2.42. The van der Waals surface area contributed by atoms with Crippen LogP contribution in [0.3, 0.4) is 0 Å². The minimum absolute atomic E-state index is 0.808. The van der Waals surface area contributed by atoms with Gasteiger partial charge in [0, 0.05) is 18.6 Å². The van der Waals surface area contributed by atoms with Crippen LogP contribution in [0.5, 0.6) is 0 Å². The van der Waals surface area contributed by atoms with Crippen molar-refractivity contribution in [2.24, 2.45) is 11.8 Å². The first kappa shape index (κ1) is 13.9. The first-order chi connectivity index (χ1) is 9.33. The van der Waals surface area contributed by atoms with Gasteiger partial charge in [0.1, 0.15) is 0 Å². The van der Waals surface area contributed by atoms with Gasteiger partial charge in [-0.1, -0.05) is 26.2 Å². The van der Waals surface area contributed by atoms with Crippen LogP contribution in [0, 0.1) is 11.8 Å². The van der Waals surface area contributed by atoms with Gasteiger partial charge in [-0.05, 0) is 63.5 Å². The van der Waals surface area contributed by atoms with Crippen LogP contribution in [-0.4, -0.2) is 36.6 Å². The Morgan fingerprint density at radius 1 is 0.947 bits per heavy atom. The predicted octanol–water partition coefficient (Wildman–Crippen LogP) is 3.42. The maximum atomic E-state index is 3.76. The topological polar surface area (TPSA) is 15.3 Å². The molecule has 0 bridgehead atoms. The summed E-state index contributed by atoms with van der Waals surface area (Å²) in [5.74, 6) is 1.99. The molecule has 19 heavy (non-hydrogen) atoms. The van der Waals surface area contributed by atoms with Gasteiger partial charge >= 0.3 is 0 Å². The van der Waals surface area contributed by atoms with Gasteiger partial charge < -0.3 is 5.32 Å². The minimum atomic E-state index is 0.808. The molecule has 0 aromatic rings. The predicted molar refractivity (Wildman–Crippen MR) is 81.4 cm³/mol. The Balaban J connectivity index is 1.54. The molecule has 0 spiro atoms. The molecule has 3 aliphatic rings. The van der Waals surface area contributed by atoms with Crippen molar-refractivity contribution in [2.75, 3.05) is 19.6 Å². The van der Waals surface area contributed by atoms with E-state index >= 15 is 0 Å². The zero-order valence-corrected chi connectivity index (χ0v) is 12.7. The summed E-state index contributed by atoms with van der Waals surface area (Å²) in [6.07, 6.45) is 13.1. The quantitative estimate of drug-likeness (QED) is 0.840. The summed E-state index contributed by atoms with van der Waals surface area (Å²) >= 11 is 0. The fourth-order valence-corrected chi connectivity index (χ4v) is 4.58. The molecular weight excluding hydrogens is 232 g/mol. The standard InChI is InChI=1S/C17H32N2/c1-14-7-9-15(10-8-14)13-19-12-3-2-6-17(19)16-5-4-11-18-16/h14-18H,2-13H2,1H3. The van der Waals surface area contributed by atoms with Crippen LogP contribution >= 0.6 is 0 Å². The van der Waals surface area contributed by atoms with Crippen molar-refractivity contribution in [3.8, 4) is 0 Å². The summed E-state index contributed by atoms with van der Waals surface area (Å²) in [6.45, 7) is 6.46. The van der Waals surface area contributed by atoms with Crippen molar-refractivity contribution in [1.82, 2.24) is 10.2 Å². The smallest absolute Gasteiger partial charge is 0.0249 e. The second-order valence-electron chi connectivity index (χ2n) is 7.39. The summed E-state index contributed by atoms with van der Waals surface area (Å²) < 4.78 is 0. The molecule has 1 saturated carbocycles. The molecule has 2 heterocycles. The Kier molecular flexibility index (Phi) is 4.81. The average molecular weight is 264 g/mol. The fraction of sp³-hybridized carbons (Fsp3) is 1.00. The van der Waals surface area contributed by atoms with Crippen molar-refractivity contribution >= 4 is 0 Å². The van der Waals surface area contributed by atoms with Crippen LogP contribution < -0.4 is 5.32 Å². The van der Waals surface area contributed by atoms with E-state index in [4.69, 9.17) is 0 Å². The van der Waals surface area contributed by atoms with Gasteiger partial charge in [0.25, 0.3) is 0 Å². The average Bonchev–Trinajstić information content (AvgIpc) is 2.96. The van der Waals surface area contributed by atoms with E-state index in [1.165, 1.54) is 77.4 Å². The Hall–Kier alpha value is -0.0800. The largest absolute Gasteiger partial charge is 0.312 e. The second kappa shape index (κ2) is 6.58. The van der Waals surface area contributed by atoms with Crippen molar-refractivity contribution in [3.05, 3.63) is 0 Å². The molecule has 110 valence electrons. The van der Waals surface area contributed by atoms with Crippen LogP contribution in [0.2, 0.25) is 0 Å². The highest BCUT2D eigenvalue weighted by atomic mass is 15.2. The normalized spacial score (nSPS) is 41.5. The van der Waals surface area contributed by atoms with Gasteiger partial charge in [-0.3, -0.25) is 4.90 Å². The molecule has 1 N–H and O–H groups in total. The number of hydrogen-bond donors (Lipinski definition) is 1.